The Kier molecular flexibility index (Phi) is 29.8. The Morgan fingerprint density at radius 1 is 0.567 bits per heavy atom. The summed E-state index contributed by atoms with van der Waals surface area (Å²) in [5.41, 5.74) is -0.635. The molecule has 127 heavy (non-hydrogen) atoms. The Bertz CT molecular complexity index is 5120. The van der Waals surface area contributed by atoms with Crippen molar-refractivity contribution in [3.05, 3.63) is 59.3 Å². The second kappa shape index (κ2) is 40.0. The number of aromatic nitrogens is 4. The minimum absolute atomic E-state index is 0.0103. The Morgan fingerprint density at radius 2 is 1.01 bits per heavy atom. The fraction of sp³-hybridized carbons (Fsp3) is 0.641. The number of fused-ring (bicyclic) bond motifs is 6. The number of carboxylic acids is 2. The molecule has 9 heterocycles. The van der Waals surface area contributed by atoms with Gasteiger partial charge in [-0.1, -0.05) is 104 Å². The number of nitrogens with one attached hydrogen (secondary N) is 8. The van der Waals surface area contributed by atoms with Crippen LogP contribution in [0, 0.1) is 17.3 Å². The second-order valence-corrected chi connectivity index (χ2v) is 43.1. The van der Waals surface area contributed by atoms with Gasteiger partial charge < -0.3 is 86.4 Å². The molecule has 8 fully saturated rings. The maximum Gasteiger partial charge on any atom is 0.329 e. The van der Waals surface area contributed by atoms with Crippen molar-refractivity contribution in [3.8, 4) is 45.8 Å². The van der Waals surface area contributed by atoms with Crippen molar-refractivity contribution in [2.45, 2.75) is 312 Å². The number of piperidine rings is 1. The smallest absolute Gasteiger partial charge is 0.329 e. The van der Waals surface area contributed by atoms with Gasteiger partial charge in [0.05, 0.1) is 71.8 Å². The number of ether oxygens (including phenoxy) is 4. The van der Waals surface area contributed by atoms with E-state index < -0.39 is 127 Å². The molecule has 2 unspecified atom stereocenters. The maximum atomic E-state index is 15.0. The average molecular weight is 1810 g/mol. The topological polar surface area (TPSA) is 423 Å². The number of carbonyl (C=O) groups excluding carboxylic acids is 7. The van der Waals surface area contributed by atoms with Crippen LogP contribution in [-0.4, -0.2) is 229 Å². The third-order valence-electron chi connectivity index (χ3n) is 26.3. The molecule has 3 saturated carbocycles. The van der Waals surface area contributed by atoms with Crippen LogP contribution in [0.25, 0.3) is 44.6 Å². The quantitative estimate of drug-likeness (QED) is 0.0302. The first-order chi connectivity index (χ1) is 60.4. The number of thiazole rings is 2. The highest BCUT2D eigenvalue weighted by atomic mass is 32.2. The Balaban J connectivity index is 0.000000217. The van der Waals surface area contributed by atoms with Crippen LogP contribution in [0.4, 0.5) is 19.9 Å². The van der Waals surface area contributed by atoms with Gasteiger partial charge in [-0.3, -0.25) is 24.0 Å². The lowest BCUT2D eigenvalue weighted by atomic mass is 9.83. The molecule has 2 aromatic carbocycles. The van der Waals surface area contributed by atoms with Gasteiger partial charge in [-0.05, 0) is 154 Å². The Hall–Kier alpha value is -9.90. The molecule has 5 aliphatic heterocycles. The number of urea groups is 2. The van der Waals surface area contributed by atoms with Crippen molar-refractivity contribution in [1.29, 1.82) is 0 Å². The molecule has 14 rings (SSSR count). The number of anilines is 2. The van der Waals surface area contributed by atoms with E-state index in [4.69, 9.17) is 38.9 Å². The number of amides is 9. The summed E-state index contributed by atoms with van der Waals surface area (Å²) in [6.45, 7) is 20.1. The van der Waals surface area contributed by atoms with Gasteiger partial charge in [0.1, 0.15) is 81.8 Å². The summed E-state index contributed by atoms with van der Waals surface area (Å²) in [7, 11) is -0.462. The number of benzene rings is 2. The summed E-state index contributed by atoms with van der Waals surface area (Å²) in [5.74, 6) is -2.70. The zero-order valence-electron chi connectivity index (χ0n) is 75.4. The average Bonchev–Trinajstić information content (AvgIpc) is 1.59. The van der Waals surface area contributed by atoms with Crippen LogP contribution in [-0.2, 0) is 43.4 Å². The number of likely N-dealkylation sites (tertiary alicyclic amines) is 1. The van der Waals surface area contributed by atoms with Crippen molar-refractivity contribution >= 4 is 118 Å². The highest BCUT2D eigenvalue weighted by Crippen LogP contribution is 2.50. The summed E-state index contributed by atoms with van der Waals surface area (Å²) < 4.78 is 50.7. The van der Waals surface area contributed by atoms with Crippen LogP contribution in [0.5, 0.6) is 23.0 Å². The van der Waals surface area contributed by atoms with E-state index in [9.17, 15) is 61.8 Å². The lowest BCUT2D eigenvalue weighted by molar-refractivity contribution is -0.146. The fourth-order valence-electron chi connectivity index (χ4n) is 18.7. The molecule has 5 saturated heterocycles. The minimum Gasteiger partial charge on any atom is -0.497 e. The molecule has 0 bridgehead atoms. The molecule has 9 amide bonds. The van der Waals surface area contributed by atoms with Gasteiger partial charge in [-0.25, -0.2) is 47.5 Å². The van der Waals surface area contributed by atoms with Crippen molar-refractivity contribution in [2.75, 3.05) is 56.8 Å². The van der Waals surface area contributed by atoms with Gasteiger partial charge in [0.15, 0.2) is 20.1 Å². The third-order valence-corrected chi connectivity index (χ3v) is 30.7. The largest absolute Gasteiger partial charge is 0.497 e. The predicted molar refractivity (Wildman–Crippen MR) is 487 cm³/mol. The SMILES string of the molecule is COc1ccc2c(O[C@@H]3C[C@H]4C(=O)N[C@]5(C(=O)O)CC5CCCCCCC[C@H](NC(=O)NC5(CS(=O)(=O)C(C)(C)C)CCCCC5)C(=O)N4C3)cc(-c3csc(NC(C)C)n3)nc2c1.COc1ccc2c(O[C@@H]3C[C@H]4C(=O)N[C@]5(C(=O)O)CC5CCCCCCC[C@H](NC(=O)N[C@H](CN5CCCCC5=O)C(C)(C)C)C(=O)N4C3)cc(-c3csc(NC(C)C)n3)nc2c1. The molecule has 0 spiro atoms. The number of carbonyl (C=O) groups is 9. The first-order valence-corrected chi connectivity index (χ1v) is 48.9. The number of carboxylic acid groups (broad SMARTS) is 2. The van der Waals surface area contributed by atoms with Gasteiger partial charge in [-0.2, -0.15) is 0 Å². The van der Waals surface area contributed by atoms with Crippen LogP contribution in [0.3, 0.4) is 0 Å². The van der Waals surface area contributed by atoms with Crippen LogP contribution in [0.2, 0.25) is 0 Å². The van der Waals surface area contributed by atoms with Gasteiger partial charge in [0.2, 0.25) is 29.5 Å². The fourth-order valence-corrected chi connectivity index (χ4v) is 21.9. The summed E-state index contributed by atoms with van der Waals surface area (Å²) >= 11 is 2.92. The van der Waals surface area contributed by atoms with Crippen LogP contribution < -0.4 is 61.5 Å². The highest BCUT2D eigenvalue weighted by Gasteiger charge is 2.64. The zero-order valence-corrected chi connectivity index (χ0v) is 77.9. The second-order valence-electron chi connectivity index (χ2n) is 38.7. The van der Waals surface area contributed by atoms with E-state index in [0.29, 0.717) is 151 Å². The van der Waals surface area contributed by atoms with Crippen molar-refractivity contribution in [1.82, 2.24) is 66.5 Å². The summed E-state index contributed by atoms with van der Waals surface area (Å²) in [4.78, 5) is 149. The van der Waals surface area contributed by atoms with Crippen molar-refractivity contribution in [3.63, 3.8) is 0 Å². The summed E-state index contributed by atoms with van der Waals surface area (Å²) in [6.07, 6.45) is 15.1. The number of aliphatic carboxylic acids is 2. The zero-order chi connectivity index (χ0) is 91.1. The molecule has 32 nitrogen and oxygen atoms in total. The van der Waals surface area contributed by atoms with Gasteiger partial charge in [0.25, 0.3) is 0 Å². The minimum atomic E-state index is -3.62. The van der Waals surface area contributed by atoms with Crippen molar-refractivity contribution < 1.29 is 80.7 Å². The van der Waals surface area contributed by atoms with Crippen LogP contribution in [0.1, 0.15) is 236 Å². The van der Waals surface area contributed by atoms with E-state index in [1.165, 1.54) is 32.5 Å². The van der Waals surface area contributed by atoms with E-state index >= 15 is 0 Å². The van der Waals surface area contributed by atoms with Crippen LogP contribution >= 0.6 is 22.7 Å². The number of hydrogen-bond donors (Lipinski definition) is 10. The molecule has 10 N–H and O–H groups in total. The van der Waals surface area contributed by atoms with E-state index in [1.54, 1.807) is 58.1 Å². The first kappa shape index (κ1) is 94.7. The Labute approximate surface area is 752 Å². The molecule has 0 radical (unpaired) electrons. The predicted octanol–water partition coefficient (Wildman–Crippen LogP) is 13.2. The number of nitrogens with zero attached hydrogens (tertiary/aromatic N) is 7. The van der Waals surface area contributed by atoms with E-state index in [1.807, 2.05) is 89.6 Å². The lowest BCUT2D eigenvalue weighted by Crippen LogP contribution is -2.61. The number of pyridine rings is 2. The molecule has 4 aromatic heterocycles. The molecule has 6 aromatic rings. The number of rotatable bonds is 22. The summed E-state index contributed by atoms with van der Waals surface area (Å²) in [6, 6.07) is 9.10. The van der Waals surface area contributed by atoms with E-state index in [-0.39, 0.29) is 61.5 Å². The molecule has 692 valence electrons. The number of sulfone groups is 1. The third kappa shape index (κ3) is 22.9. The molecular formula is C92H129N15O17S3. The standard InChI is InChI=1S/C46H64N8O8S.C46H65N7O9S2/c1-27(2)47-44-50-35(26-63-44)34-22-37(31-18-17-29(61-6)20-33(31)48-34)62-30-21-36-40(56)52-46(42(58)59)23-28(46)14-10-8-7-9-11-15-32(41(57)54(36)24-30)49-43(60)51-38(45(3,4)5)25-53-19-13-12-16-39(53)55;1-28(2)47-43-50-36(26-63-43)35-23-38(32-18-17-30(61-6)21-34(32)48-35)62-31-22-37-39(54)51-46(41(56)57)24-29(46)15-11-8-7-9-12-16-33(40(55)53(37)25-31)49-42(58)52-45(19-13-10-14-20-45)27-64(59,60)44(3,4)5/h17-18,20,22,26-28,30,32,36,38H,7-16,19,21,23-25H2,1-6H3,(H,47,50)(H,52,56)(H,58,59)(H2,49,51,60);17-18,21,23,26,28-29,31,33,37H,7-16,19-20,22,24-25,27H2,1-6H3,(H,47,50)(H,51,54)(H,56,57)(H2,49,52,58)/t28?,30-,32+,36+,38-,46-;29?,31-,33+,37+,46-/m11/s1. The molecular weight excluding hydrogens is 1680 g/mol. The molecule has 8 aliphatic rings. The van der Waals surface area contributed by atoms with E-state index in [2.05, 4.69) is 42.5 Å². The monoisotopic (exact) mass is 1810 g/mol. The molecule has 35 heteroatoms. The van der Waals surface area contributed by atoms with Gasteiger partial charge >= 0.3 is 24.0 Å². The van der Waals surface area contributed by atoms with Gasteiger partial charge in [-0.15, -0.1) is 22.7 Å². The molecule has 3 aliphatic carbocycles. The normalized spacial score (nSPS) is 25.4. The molecule has 11 atom stereocenters. The highest BCUT2D eigenvalue weighted by molar-refractivity contribution is 7.92. The lowest BCUT2D eigenvalue weighted by Gasteiger charge is -2.40. The maximum absolute atomic E-state index is 15.0. The Morgan fingerprint density at radius 3 is 1.43 bits per heavy atom. The van der Waals surface area contributed by atoms with Crippen molar-refractivity contribution in [2.24, 2.45) is 17.3 Å². The first-order valence-electron chi connectivity index (χ1n) is 45.5. The number of methoxy groups -OCH3 is 2. The number of hydrogen-bond acceptors (Lipinski definition) is 23. The van der Waals surface area contributed by atoms with Gasteiger partial charge in [0, 0.05) is 90.2 Å². The van der Waals surface area contributed by atoms with E-state index in [0.717, 1.165) is 93.7 Å². The van der Waals surface area contributed by atoms with Crippen LogP contribution in [0.15, 0.2) is 59.3 Å². The summed E-state index contributed by atoms with van der Waals surface area (Å²) in [5, 5.41) is 52.0.